The molecular weight excluding hydrogens is 226 g/mol. The van der Waals surface area contributed by atoms with E-state index in [1.54, 1.807) is 6.26 Å². The Bertz CT molecular complexity index is 638. The minimum atomic E-state index is 0.683. The molecule has 2 aromatic heterocycles. The second kappa shape index (κ2) is 4.61. The molecule has 0 radical (unpaired) electrons. The van der Waals surface area contributed by atoms with Crippen molar-refractivity contribution in [2.75, 3.05) is 6.61 Å². The van der Waals surface area contributed by atoms with Gasteiger partial charge in [0.25, 0.3) is 0 Å². The minimum absolute atomic E-state index is 0.683. The number of rotatable bonds is 4. The first kappa shape index (κ1) is 11.0. The Morgan fingerprint density at radius 2 is 2.11 bits per heavy atom. The van der Waals surface area contributed by atoms with Crippen LogP contribution in [0.4, 0.5) is 0 Å². The predicted molar refractivity (Wildman–Crippen MR) is 70.9 cm³/mol. The number of nitrogens with zero attached hydrogens (tertiary/aromatic N) is 1. The molecule has 0 spiro atoms. The van der Waals surface area contributed by atoms with Gasteiger partial charge in [0.2, 0.25) is 0 Å². The summed E-state index contributed by atoms with van der Waals surface area (Å²) in [6.07, 6.45) is 3.77. The van der Waals surface area contributed by atoms with Gasteiger partial charge in [-0.25, -0.2) is 0 Å². The number of hydrogen-bond acceptors (Lipinski definition) is 2. The molecule has 0 fully saturated rings. The molecule has 0 saturated heterocycles. The number of furan rings is 1. The van der Waals surface area contributed by atoms with E-state index < -0.39 is 0 Å². The van der Waals surface area contributed by atoms with E-state index in [1.165, 1.54) is 0 Å². The van der Waals surface area contributed by atoms with Crippen molar-refractivity contribution in [3.63, 3.8) is 0 Å². The SMILES string of the molecule is CCOc1cccc2c1ccn2Cc1ccco1. The molecule has 0 aliphatic carbocycles. The van der Waals surface area contributed by atoms with Crippen LogP contribution in [0.1, 0.15) is 12.7 Å². The molecular formula is C15H15NO2. The first-order valence-electron chi connectivity index (χ1n) is 6.11. The summed E-state index contributed by atoms with van der Waals surface area (Å²) in [4.78, 5) is 0. The summed E-state index contributed by atoms with van der Waals surface area (Å²) in [7, 11) is 0. The van der Waals surface area contributed by atoms with E-state index >= 15 is 0 Å². The Balaban J connectivity index is 2.01. The smallest absolute Gasteiger partial charge is 0.128 e. The summed E-state index contributed by atoms with van der Waals surface area (Å²) in [6, 6.07) is 12.1. The van der Waals surface area contributed by atoms with Crippen molar-refractivity contribution in [3.05, 3.63) is 54.6 Å². The maximum atomic E-state index is 5.63. The molecule has 3 aromatic rings. The number of fused-ring (bicyclic) bond motifs is 1. The third-order valence-corrected chi connectivity index (χ3v) is 2.98. The van der Waals surface area contributed by atoms with Gasteiger partial charge >= 0.3 is 0 Å². The zero-order chi connectivity index (χ0) is 12.4. The van der Waals surface area contributed by atoms with Crippen LogP contribution < -0.4 is 4.74 Å². The second-order valence-corrected chi connectivity index (χ2v) is 4.14. The Hall–Kier alpha value is -2.16. The Labute approximate surface area is 106 Å². The van der Waals surface area contributed by atoms with Gasteiger partial charge in [0.1, 0.15) is 11.5 Å². The van der Waals surface area contributed by atoms with Gasteiger partial charge in [0.15, 0.2) is 0 Å². The van der Waals surface area contributed by atoms with Crippen molar-refractivity contribution >= 4 is 10.9 Å². The number of aromatic nitrogens is 1. The predicted octanol–water partition coefficient (Wildman–Crippen LogP) is 3.68. The quantitative estimate of drug-likeness (QED) is 0.696. The molecule has 0 unspecified atom stereocenters. The summed E-state index contributed by atoms with van der Waals surface area (Å²) in [6.45, 7) is 3.42. The number of ether oxygens (including phenoxy) is 1. The molecule has 2 heterocycles. The molecule has 92 valence electrons. The molecule has 3 rings (SSSR count). The lowest BCUT2D eigenvalue weighted by Crippen LogP contribution is -1.97. The van der Waals surface area contributed by atoms with Crippen LogP contribution in [0.2, 0.25) is 0 Å². The van der Waals surface area contributed by atoms with Crippen LogP contribution in [-0.4, -0.2) is 11.2 Å². The largest absolute Gasteiger partial charge is 0.493 e. The summed E-state index contributed by atoms with van der Waals surface area (Å²) in [5.41, 5.74) is 1.16. The van der Waals surface area contributed by atoms with E-state index in [4.69, 9.17) is 9.15 Å². The van der Waals surface area contributed by atoms with Gasteiger partial charge in [-0.15, -0.1) is 0 Å². The lowest BCUT2D eigenvalue weighted by atomic mass is 10.2. The summed E-state index contributed by atoms with van der Waals surface area (Å²) in [5.74, 6) is 1.89. The standard InChI is InChI=1S/C15H15NO2/c1-2-17-15-7-3-6-14-13(15)8-9-16(14)11-12-5-4-10-18-12/h3-10H,2,11H2,1H3. The lowest BCUT2D eigenvalue weighted by Gasteiger charge is -2.06. The Morgan fingerprint density at radius 1 is 1.17 bits per heavy atom. The molecule has 0 atom stereocenters. The average Bonchev–Trinajstić information content (AvgIpc) is 3.01. The molecule has 3 heteroatoms. The molecule has 0 aliphatic heterocycles. The normalized spacial score (nSPS) is 10.9. The zero-order valence-corrected chi connectivity index (χ0v) is 10.3. The molecule has 0 aliphatic rings. The zero-order valence-electron chi connectivity index (χ0n) is 10.3. The van der Waals surface area contributed by atoms with Crippen molar-refractivity contribution in [1.29, 1.82) is 0 Å². The molecule has 0 bridgehead atoms. The summed E-state index contributed by atoms with van der Waals surface area (Å²) < 4.78 is 13.2. The van der Waals surface area contributed by atoms with Gasteiger partial charge in [-0.05, 0) is 37.3 Å². The van der Waals surface area contributed by atoms with E-state index in [9.17, 15) is 0 Å². The monoisotopic (exact) mass is 241 g/mol. The van der Waals surface area contributed by atoms with Gasteiger partial charge in [-0.3, -0.25) is 0 Å². The third-order valence-electron chi connectivity index (χ3n) is 2.98. The van der Waals surface area contributed by atoms with Crippen LogP contribution in [-0.2, 0) is 6.54 Å². The topological polar surface area (TPSA) is 27.3 Å². The van der Waals surface area contributed by atoms with Crippen molar-refractivity contribution in [1.82, 2.24) is 4.57 Å². The van der Waals surface area contributed by atoms with Crippen LogP contribution in [0.5, 0.6) is 5.75 Å². The van der Waals surface area contributed by atoms with Crippen molar-refractivity contribution in [3.8, 4) is 5.75 Å². The van der Waals surface area contributed by atoms with Crippen molar-refractivity contribution in [2.24, 2.45) is 0 Å². The summed E-state index contributed by atoms with van der Waals surface area (Å²) >= 11 is 0. The minimum Gasteiger partial charge on any atom is -0.493 e. The maximum absolute atomic E-state index is 5.63. The highest BCUT2D eigenvalue weighted by Gasteiger charge is 2.07. The van der Waals surface area contributed by atoms with Crippen LogP contribution in [0.3, 0.4) is 0 Å². The number of hydrogen-bond donors (Lipinski definition) is 0. The Morgan fingerprint density at radius 3 is 2.89 bits per heavy atom. The van der Waals surface area contributed by atoms with E-state index in [0.717, 1.165) is 29.0 Å². The fourth-order valence-electron chi connectivity index (χ4n) is 2.18. The highest BCUT2D eigenvalue weighted by atomic mass is 16.5. The Kier molecular flexibility index (Phi) is 2.81. The average molecular weight is 241 g/mol. The van der Waals surface area contributed by atoms with Gasteiger partial charge in [0.05, 0.1) is 24.9 Å². The molecule has 0 saturated carbocycles. The molecule has 0 N–H and O–H groups in total. The first-order chi connectivity index (χ1) is 8.88. The lowest BCUT2D eigenvalue weighted by molar-refractivity contribution is 0.344. The van der Waals surface area contributed by atoms with Crippen LogP contribution in [0.15, 0.2) is 53.3 Å². The number of benzene rings is 1. The van der Waals surface area contributed by atoms with E-state index in [-0.39, 0.29) is 0 Å². The van der Waals surface area contributed by atoms with Crippen LogP contribution in [0, 0.1) is 0 Å². The maximum Gasteiger partial charge on any atom is 0.128 e. The van der Waals surface area contributed by atoms with E-state index in [2.05, 4.69) is 22.9 Å². The van der Waals surface area contributed by atoms with Gasteiger partial charge in [-0.2, -0.15) is 0 Å². The van der Waals surface area contributed by atoms with Gasteiger partial charge in [0, 0.05) is 11.6 Å². The molecule has 18 heavy (non-hydrogen) atoms. The second-order valence-electron chi connectivity index (χ2n) is 4.14. The van der Waals surface area contributed by atoms with Gasteiger partial charge in [-0.1, -0.05) is 6.07 Å². The molecule has 3 nitrogen and oxygen atoms in total. The van der Waals surface area contributed by atoms with Gasteiger partial charge < -0.3 is 13.7 Å². The van der Waals surface area contributed by atoms with Crippen molar-refractivity contribution < 1.29 is 9.15 Å². The first-order valence-corrected chi connectivity index (χ1v) is 6.11. The highest BCUT2D eigenvalue weighted by Crippen LogP contribution is 2.27. The summed E-state index contributed by atoms with van der Waals surface area (Å²) in [5, 5.41) is 1.14. The van der Waals surface area contributed by atoms with E-state index in [0.29, 0.717) is 6.61 Å². The molecule has 0 amide bonds. The highest BCUT2D eigenvalue weighted by molar-refractivity contribution is 5.86. The molecule has 1 aromatic carbocycles. The third kappa shape index (κ3) is 1.88. The fourth-order valence-corrected chi connectivity index (χ4v) is 2.18. The van der Waals surface area contributed by atoms with Crippen molar-refractivity contribution in [2.45, 2.75) is 13.5 Å². The van der Waals surface area contributed by atoms with Crippen LogP contribution in [0.25, 0.3) is 10.9 Å². The van der Waals surface area contributed by atoms with E-state index in [1.807, 2.05) is 31.2 Å². The fraction of sp³-hybridized carbons (Fsp3) is 0.200. The van der Waals surface area contributed by atoms with Crippen LogP contribution >= 0.6 is 0 Å².